The quantitative estimate of drug-likeness (QED) is 0.524. The van der Waals surface area contributed by atoms with Crippen molar-refractivity contribution in [1.82, 2.24) is 5.43 Å². The molecular weight excluding hydrogens is 218 g/mol. The summed E-state index contributed by atoms with van der Waals surface area (Å²) in [6, 6.07) is 0. The van der Waals surface area contributed by atoms with Crippen molar-refractivity contribution in [2.24, 2.45) is 58.2 Å². The molecule has 0 heterocycles. The number of nitrogens with zero attached hydrogens (tertiary/aromatic N) is 1. The molecule has 0 radical (unpaired) electrons. The number of fused-ring (bicyclic) bond motifs is 2. The zero-order chi connectivity index (χ0) is 10.6. The van der Waals surface area contributed by atoms with Crippen molar-refractivity contribution in [3.05, 3.63) is 0 Å². The molecule has 2 bridgehead atoms. The first-order chi connectivity index (χ1) is 7.77. The lowest BCUT2D eigenvalue weighted by molar-refractivity contribution is 0.0503. The summed E-state index contributed by atoms with van der Waals surface area (Å²) in [6.07, 6.45) is 3.01. The molecule has 0 unspecified atom stereocenters. The Morgan fingerprint density at radius 3 is 2.69 bits per heavy atom. The van der Waals surface area contributed by atoms with Gasteiger partial charge in [-0.3, -0.25) is 5.43 Å². The summed E-state index contributed by atoms with van der Waals surface area (Å²) < 4.78 is 0. The maximum atomic E-state index is 5.47. The maximum Gasteiger partial charge on any atom is 0.184 e. The molecule has 5 saturated carbocycles. The van der Waals surface area contributed by atoms with Crippen molar-refractivity contribution in [3.63, 3.8) is 0 Å². The average Bonchev–Trinajstić information content (AvgIpc) is 2.72. The number of hydrogen-bond acceptors (Lipinski definition) is 2. The van der Waals surface area contributed by atoms with Crippen LogP contribution in [0.3, 0.4) is 0 Å². The molecule has 5 rings (SSSR count). The third-order valence-electron chi connectivity index (χ3n) is 6.34. The largest absolute Gasteiger partial charge is 0.375 e. The highest BCUT2D eigenvalue weighted by Gasteiger charge is 2.79. The van der Waals surface area contributed by atoms with Crippen LogP contribution >= 0.6 is 12.2 Å². The third kappa shape index (κ3) is 0.643. The highest BCUT2D eigenvalue weighted by atomic mass is 32.1. The molecule has 0 spiro atoms. The van der Waals surface area contributed by atoms with Gasteiger partial charge in [0.25, 0.3) is 0 Å². The molecule has 0 amide bonds. The first-order valence-corrected chi connectivity index (χ1v) is 6.81. The van der Waals surface area contributed by atoms with Gasteiger partial charge in [-0.05, 0) is 60.6 Å². The van der Waals surface area contributed by atoms with E-state index in [-0.39, 0.29) is 0 Å². The van der Waals surface area contributed by atoms with Crippen molar-refractivity contribution in [2.45, 2.75) is 12.8 Å². The molecule has 84 valence electrons. The predicted molar refractivity (Wildman–Crippen MR) is 64.5 cm³/mol. The predicted octanol–water partition coefficient (Wildman–Crippen LogP) is 0.953. The van der Waals surface area contributed by atoms with E-state index in [1.807, 2.05) is 0 Å². The van der Waals surface area contributed by atoms with Crippen LogP contribution in [0.2, 0.25) is 0 Å². The molecule has 0 aliphatic heterocycles. The lowest BCUT2D eigenvalue weighted by Gasteiger charge is -2.44. The lowest BCUT2D eigenvalue weighted by Crippen LogP contribution is -2.44. The Morgan fingerprint density at radius 2 is 1.88 bits per heavy atom. The summed E-state index contributed by atoms with van der Waals surface area (Å²) in [6.45, 7) is 0. The molecule has 5 aliphatic rings. The fraction of sp³-hybridized carbons (Fsp3) is 0.833. The van der Waals surface area contributed by atoms with Gasteiger partial charge in [-0.1, -0.05) is 0 Å². The third-order valence-corrected chi connectivity index (χ3v) is 6.43. The topological polar surface area (TPSA) is 50.4 Å². The highest BCUT2D eigenvalue weighted by Crippen LogP contribution is 2.81. The van der Waals surface area contributed by atoms with Crippen molar-refractivity contribution < 1.29 is 0 Å². The van der Waals surface area contributed by atoms with E-state index in [1.54, 1.807) is 0 Å². The summed E-state index contributed by atoms with van der Waals surface area (Å²) in [5.41, 5.74) is 9.75. The maximum absolute atomic E-state index is 5.47. The number of nitrogens with one attached hydrogen (secondary N) is 1. The van der Waals surface area contributed by atoms with Gasteiger partial charge in [-0.25, -0.2) is 0 Å². The molecule has 3 N–H and O–H groups in total. The minimum absolute atomic E-state index is 0.311. The van der Waals surface area contributed by atoms with E-state index in [2.05, 4.69) is 10.5 Å². The van der Waals surface area contributed by atoms with Gasteiger partial charge in [-0.2, -0.15) is 5.10 Å². The summed E-state index contributed by atoms with van der Waals surface area (Å²) in [5.74, 6) is 7.72. The molecule has 0 aromatic heterocycles. The van der Waals surface area contributed by atoms with Crippen LogP contribution in [0.15, 0.2) is 5.10 Å². The minimum atomic E-state index is 0.311. The fourth-order valence-corrected chi connectivity index (χ4v) is 6.45. The van der Waals surface area contributed by atoms with E-state index in [0.29, 0.717) is 5.11 Å². The number of hydrazone groups is 1. The van der Waals surface area contributed by atoms with E-state index in [4.69, 9.17) is 18.0 Å². The standard InChI is InChI=1S/C12H15N3S/c13-12(16)15-14-11-8-4-2-5-7-3(4)1-6(8)9(7)10(5)11/h3-10H,1-2H2,(H3,13,15,16)/b14-11-/t3-,4+,5-,6+,7-,8-,9+,10+/m1/s1. The van der Waals surface area contributed by atoms with Crippen LogP contribution in [0.1, 0.15) is 12.8 Å². The normalized spacial score (nSPS) is 64.4. The summed E-state index contributed by atoms with van der Waals surface area (Å²) in [5, 5.41) is 4.85. The minimum Gasteiger partial charge on any atom is -0.375 e. The van der Waals surface area contributed by atoms with Gasteiger partial charge in [0.1, 0.15) is 0 Å². The summed E-state index contributed by atoms with van der Waals surface area (Å²) in [4.78, 5) is 0. The van der Waals surface area contributed by atoms with Gasteiger partial charge in [-0.15, -0.1) is 0 Å². The van der Waals surface area contributed by atoms with Gasteiger partial charge in [0, 0.05) is 17.5 Å². The second-order valence-electron chi connectivity index (χ2n) is 6.35. The van der Waals surface area contributed by atoms with Gasteiger partial charge >= 0.3 is 0 Å². The van der Waals surface area contributed by atoms with E-state index in [0.717, 1.165) is 47.3 Å². The van der Waals surface area contributed by atoms with Crippen LogP contribution in [-0.4, -0.2) is 10.8 Å². The van der Waals surface area contributed by atoms with E-state index in [9.17, 15) is 0 Å². The first-order valence-electron chi connectivity index (χ1n) is 6.40. The van der Waals surface area contributed by atoms with Crippen LogP contribution in [-0.2, 0) is 0 Å². The lowest BCUT2D eigenvalue weighted by atomic mass is 9.59. The zero-order valence-corrected chi connectivity index (χ0v) is 9.78. The summed E-state index contributed by atoms with van der Waals surface area (Å²) >= 11 is 4.84. The molecule has 16 heavy (non-hydrogen) atoms. The molecule has 0 aromatic rings. The Labute approximate surface area is 99.8 Å². The fourth-order valence-electron chi connectivity index (χ4n) is 6.40. The molecule has 5 aliphatic carbocycles. The van der Waals surface area contributed by atoms with E-state index in [1.165, 1.54) is 18.6 Å². The molecule has 0 saturated heterocycles. The van der Waals surface area contributed by atoms with Crippen molar-refractivity contribution in [3.8, 4) is 0 Å². The Balaban J connectivity index is 1.60. The van der Waals surface area contributed by atoms with Crippen LogP contribution < -0.4 is 11.2 Å². The van der Waals surface area contributed by atoms with Crippen molar-refractivity contribution >= 4 is 23.0 Å². The average molecular weight is 233 g/mol. The second-order valence-corrected chi connectivity index (χ2v) is 6.79. The Morgan fingerprint density at radius 1 is 1.12 bits per heavy atom. The van der Waals surface area contributed by atoms with Gasteiger partial charge in [0.2, 0.25) is 0 Å². The Bertz CT molecular complexity index is 440. The number of nitrogens with two attached hydrogens (primary N) is 1. The molecule has 4 heteroatoms. The number of thiocarbonyl (C=S) groups is 1. The highest BCUT2D eigenvalue weighted by molar-refractivity contribution is 7.80. The molecule has 5 fully saturated rings. The summed E-state index contributed by atoms with van der Waals surface area (Å²) in [7, 11) is 0. The van der Waals surface area contributed by atoms with Gasteiger partial charge in [0.05, 0.1) is 0 Å². The monoisotopic (exact) mass is 233 g/mol. The Kier molecular flexibility index (Phi) is 1.22. The molecular formula is C12H15N3S. The smallest absolute Gasteiger partial charge is 0.184 e. The SMILES string of the molecule is NC(=S)N/N=C1/[C@@H]2[C@H]3C[C@H]4[C@H]1[C@H]1[C@H]2C[C@H]3[C@H]41. The van der Waals surface area contributed by atoms with Crippen LogP contribution in [0.25, 0.3) is 0 Å². The molecule has 8 atom stereocenters. The van der Waals surface area contributed by atoms with E-state index < -0.39 is 0 Å². The number of hydrogen-bond donors (Lipinski definition) is 2. The van der Waals surface area contributed by atoms with Crippen LogP contribution in [0, 0.1) is 47.3 Å². The Hall–Kier alpha value is -0.640. The van der Waals surface area contributed by atoms with Crippen molar-refractivity contribution in [1.29, 1.82) is 0 Å². The van der Waals surface area contributed by atoms with Crippen molar-refractivity contribution in [2.75, 3.05) is 0 Å². The van der Waals surface area contributed by atoms with Crippen LogP contribution in [0.5, 0.6) is 0 Å². The van der Waals surface area contributed by atoms with Gasteiger partial charge < -0.3 is 5.73 Å². The molecule has 3 nitrogen and oxygen atoms in total. The zero-order valence-electron chi connectivity index (χ0n) is 8.97. The van der Waals surface area contributed by atoms with Crippen LogP contribution in [0.4, 0.5) is 0 Å². The number of rotatable bonds is 1. The molecule has 0 aromatic carbocycles. The second kappa shape index (κ2) is 2.30. The van der Waals surface area contributed by atoms with Gasteiger partial charge in [0.15, 0.2) is 5.11 Å². The first kappa shape index (κ1) is 8.45. The van der Waals surface area contributed by atoms with E-state index >= 15 is 0 Å².